The van der Waals surface area contributed by atoms with Crippen LogP contribution >= 0.6 is 11.6 Å². The van der Waals surface area contributed by atoms with Crippen LogP contribution in [0.1, 0.15) is 39.9 Å². The third-order valence-electron chi connectivity index (χ3n) is 4.53. The van der Waals surface area contributed by atoms with Crippen molar-refractivity contribution in [2.24, 2.45) is 5.16 Å². The van der Waals surface area contributed by atoms with Gasteiger partial charge in [-0.3, -0.25) is 0 Å². The SMILES string of the molecule is Cc1ccccc1C(=O)OC1(/C=N/O)CCCc2c1ccc(Cl)c2F. The lowest BCUT2D eigenvalue weighted by Crippen LogP contribution is -2.38. The molecular weight excluding hydrogens is 345 g/mol. The van der Waals surface area contributed by atoms with E-state index in [1.165, 1.54) is 6.07 Å². The molecule has 0 saturated heterocycles. The molecule has 1 aliphatic rings. The maximum absolute atomic E-state index is 14.4. The molecule has 1 atom stereocenters. The zero-order valence-electron chi connectivity index (χ0n) is 13.6. The lowest BCUT2D eigenvalue weighted by Gasteiger charge is -2.35. The fraction of sp³-hybridized carbons (Fsp3) is 0.263. The van der Waals surface area contributed by atoms with Gasteiger partial charge >= 0.3 is 5.97 Å². The summed E-state index contributed by atoms with van der Waals surface area (Å²) in [5.74, 6) is -1.08. The first-order chi connectivity index (χ1) is 12.0. The molecule has 1 aliphatic carbocycles. The second kappa shape index (κ2) is 6.84. The van der Waals surface area contributed by atoms with E-state index in [1.54, 1.807) is 31.2 Å². The van der Waals surface area contributed by atoms with Crippen molar-refractivity contribution in [1.29, 1.82) is 0 Å². The van der Waals surface area contributed by atoms with Crippen LogP contribution in [0.4, 0.5) is 4.39 Å². The van der Waals surface area contributed by atoms with Crippen LogP contribution in [0.2, 0.25) is 5.02 Å². The number of esters is 1. The first-order valence-corrected chi connectivity index (χ1v) is 8.31. The van der Waals surface area contributed by atoms with Crippen LogP contribution in [0, 0.1) is 12.7 Å². The number of rotatable bonds is 3. The molecule has 0 saturated carbocycles. The van der Waals surface area contributed by atoms with Crippen LogP contribution in [0.3, 0.4) is 0 Å². The van der Waals surface area contributed by atoms with Crippen LogP contribution in [0.5, 0.6) is 0 Å². The Balaban J connectivity index is 2.07. The van der Waals surface area contributed by atoms with Crippen molar-refractivity contribution in [2.45, 2.75) is 31.8 Å². The monoisotopic (exact) mass is 361 g/mol. The molecule has 25 heavy (non-hydrogen) atoms. The van der Waals surface area contributed by atoms with Crippen LogP contribution in [-0.2, 0) is 16.8 Å². The molecule has 0 aliphatic heterocycles. The molecule has 6 heteroatoms. The molecule has 0 spiro atoms. The average Bonchev–Trinajstić information content (AvgIpc) is 2.59. The predicted molar refractivity (Wildman–Crippen MR) is 92.9 cm³/mol. The highest BCUT2D eigenvalue weighted by Gasteiger charge is 2.41. The van der Waals surface area contributed by atoms with Gasteiger partial charge in [0.2, 0.25) is 0 Å². The van der Waals surface area contributed by atoms with Crippen molar-refractivity contribution in [3.05, 3.63) is 69.5 Å². The zero-order chi connectivity index (χ0) is 18.0. The molecule has 0 bridgehead atoms. The van der Waals surface area contributed by atoms with E-state index >= 15 is 0 Å². The summed E-state index contributed by atoms with van der Waals surface area (Å²) in [7, 11) is 0. The molecule has 0 heterocycles. The maximum atomic E-state index is 14.4. The topological polar surface area (TPSA) is 58.9 Å². The Bertz CT molecular complexity index is 853. The number of oxime groups is 1. The van der Waals surface area contributed by atoms with Gasteiger partial charge in [0.15, 0.2) is 5.60 Å². The summed E-state index contributed by atoms with van der Waals surface area (Å²) in [6.45, 7) is 1.80. The third-order valence-corrected chi connectivity index (χ3v) is 4.82. The minimum absolute atomic E-state index is 0.0146. The second-order valence-corrected chi connectivity index (χ2v) is 6.49. The van der Waals surface area contributed by atoms with E-state index in [1.807, 2.05) is 6.07 Å². The maximum Gasteiger partial charge on any atom is 0.339 e. The van der Waals surface area contributed by atoms with Crippen LogP contribution < -0.4 is 0 Å². The number of ether oxygens (including phenoxy) is 1. The minimum Gasteiger partial charge on any atom is -0.444 e. The van der Waals surface area contributed by atoms with E-state index in [9.17, 15) is 9.18 Å². The molecule has 2 aromatic rings. The van der Waals surface area contributed by atoms with Gasteiger partial charge in [0.1, 0.15) is 5.82 Å². The summed E-state index contributed by atoms with van der Waals surface area (Å²) in [5.41, 5.74) is 0.695. The smallest absolute Gasteiger partial charge is 0.339 e. The Morgan fingerprint density at radius 1 is 1.36 bits per heavy atom. The van der Waals surface area contributed by atoms with Gasteiger partial charge in [-0.1, -0.05) is 41.0 Å². The number of hydrogen-bond acceptors (Lipinski definition) is 4. The van der Waals surface area contributed by atoms with Crippen molar-refractivity contribution < 1.29 is 19.1 Å². The number of aryl methyl sites for hydroxylation is 1. The van der Waals surface area contributed by atoms with E-state index in [0.717, 1.165) is 11.8 Å². The molecular formula is C19H17ClFNO3. The lowest BCUT2D eigenvalue weighted by atomic mass is 9.79. The van der Waals surface area contributed by atoms with E-state index < -0.39 is 17.4 Å². The summed E-state index contributed by atoms with van der Waals surface area (Å²) < 4.78 is 20.2. The number of hydrogen-bond donors (Lipinski definition) is 1. The zero-order valence-corrected chi connectivity index (χ0v) is 14.4. The standard InChI is InChI=1S/C19H17ClFNO3/c1-12-5-2-3-6-13(12)18(23)25-19(11-22-24)10-4-7-14-15(19)8-9-16(20)17(14)21/h2-3,5-6,8-9,11,24H,4,7,10H2,1H3/b22-11+. The summed E-state index contributed by atoms with van der Waals surface area (Å²) in [6, 6.07) is 10.1. The summed E-state index contributed by atoms with van der Waals surface area (Å²) in [6.07, 6.45) is 2.58. The number of nitrogens with zero attached hydrogens (tertiary/aromatic N) is 1. The van der Waals surface area contributed by atoms with Gasteiger partial charge in [0, 0.05) is 5.56 Å². The number of carbonyl (C=O) groups excluding carboxylic acids is 1. The molecule has 0 radical (unpaired) electrons. The first kappa shape index (κ1) is 17.4. The normalized spacial score (nSPS) is 19.6. The van der Waals surface area contributed by atoms with Crippen molar-refractivity contribution in [3.63, 3.8) is 0 Å². The van der Waals surface area contributed by atoms with E-state index in [4.69, 9.17) is 21.5 Å². The molecule has 130 valence electrons. The quantitative estimate of drug-likeness (QED) is 0.375. The Morgan fingerprint density at radius 3 is 2.84 bits per heavy atom. The average molecular weight is 362 g/mol. The second-order valence-electron chi connectivity index (χ2n) is 6.08. The van der Waals surface area contributed by atoms with E-state index in [0.29, 0.717) is 36.0 Å². The molecule has 2 aromatic carbocycles. The third kappa shape index (κ3) is 3.12. The fourth-order valence-corrected chi connectivity index (χ4v) is 3.46. The molecule has 0 aromatic heterocycles. The van der Waals surface area contributed by atoms with Gasteiger partial charge in [-0.25, -0.2) is 9.18 Å². The largest absolute Gasteiger partial charge is 0.444 e. The molecule has 4 nitrogen and oxygen atoms in total. The van der Waals surface area contributed by atoms with E-state index in [2.05, 4.69) is 5.16 Å². The number of benzene rings is 2. The number of halogens is 2. The van der Waals surface area contributed by atoms with Crippen LogP contribution in [-0.4, -0.2) is 17.4 Å². The molecule has 0 amide bonds. The van der Waals surface area contributed by atoms with Gasteiger partial charge in [0.05, 0.1) is 16.8 Å². The van der Waals surface area contributed by atoms with E-state index in [-0.39, 0.29) is 5.02 Å². The summed E-state index contributed by atoms with van der Waals surface area (Å²) in [5, 5.41) is 12.2. The summed E-state index contributed by atoms with van der Waals surface area (Å²) >= 11 is 5.87. The molecule has 0 fully saturated rings. The highest BCUT2D eigenvalue weighted by molar-refractivity contribution is 6.30. The number of carbonyl (C=O) groups is 1. The van der Waals surface area contributed by atoms with Crippen molar-refractivity contribution in [3.8, 4) is 0 Å². The van der Waals surface area contributed by atoms with Gasteiger partial charge in [-0.15, -0.1) is 0 Å². The first-order valence-electron chi connectivity index (χ1n) is 7.93. The van der Waals surface area contributed by atoms with Gasteiger partial charge in [0.25, 0.3) is 0 Å². The molecule has 3 rings (SSSR count). The summed E-state index contributed by atoms with van der Waals surface area (Å²) in [4.78, 5) is 12.7. The highest BCUT2D eigenvalue weighted by atomic mass is 35.5. The predicted octanol–water partition coefficient (Wildman–Crippen LogP) is 4.64. The Labute approximate surface area is 149 Å². The van der Waals surface area contributed by atoms with Gasteiger partial charge in [-0.2, -0.15) is 0 Å². The molecule has 1 unspecified atom stereocenters. The van der Waals surface area contributed by atoms with Crippen LogP contribution in [0.15, 0.2) is 41.6 Å². The van der Waals surface area contributed by atoms with Crippen molar-refractivity contribution in [2.75, 3.05) is 0 Å². The Morgan fingerprint density at radius 2 is 2.12 bits per heavy atom. The fourth-order valence-electron chi connectivity index (χ4n) is 3.28. The Kier molecular flexibility index (Phi) is 4.77. The number of fused-ring (bicyclic) bond motifs is 1. The minimum atomic E-state index is -1.33. The van der Waals surface area contributed by atoms with Crippen molar-refractivity contribution in [1.82, 2.24) is 0 Å². The Hall–Kier alpha value is -2.40. The van der Waals surface area contributed by atoms with Crippen molar-refractivity contribution >= 4 is 23.8 Å². The molecule has 1 N–H and O–H groups in total. The highest BCUT2D eigenvalue weighted by Crippen LogP contribution is 2.40. The van der Waals surface area contributed by atoms with Gasteiger partial charge < -0.3 is 9.94 Å². The van der Waals surface area contributed by atoms with Crippen LogP contribution in [0.25, 0.3) is 0 Å². The lowest BCUT2D eigenvalue weighted by molar-refractivity contribution is 0.00446. The van der Waals surface area contributed by atoms with Gasteiger partial charge in [-0.05, 0) is 49.4 Å².